The van der Waals surface area contributed by atoms with Crippen molar-refractivity contribution in [3.63, 3.8) is 0 Å². The van der Waals surface area contributed by atoms with E-state index < -0.39 is 0 Å². The molecule has 0 aliphatic carbocycles. The average molecular weight is 185 g/mol. The number of nitrogens with zero attached hydrogens (tertiary/aromatic N) is 1. The number of hydrogen-bond donors (Lipinski definition) is 1. The predicted octanol–water partition coefficient (Wildman–Crippen LogP) is 2.42. The van der Waals surface area contributed by atoms with Crippen LogP contribution in [-0.4, -0.2) is 5.11 Å². The van der Waals surface area contributed by atoms with E-state index in [0.717, 1.165) is 12.8 Å². The zero-order valence-corrected chi connectivity index (χ0v) is 8.04. The predicted molar refractivity (Wildman–Crippen MR) is 54.6 cm³/mol. The van der Waals surface area contributed by atoms with E-state index in [9.17, 15) is 5.11 Å². The van der Waals surface area contributed by atoms with E-state index in [1.54, 1.807) is 12.1 Å². The maximum absolute atomic E-state index is 9.26. The molecule has 0 spiro atoms. The highest BCUT2D eigenvalue weighted by Crippen LogP contribution is 2.14. The third-order valence-corrected chi connectivity index (χ3v) is 1.65. The van der Waals surface area contributed by atoms with Gasteiger partial charge in [-0.3, -0.25) is 0 Å². The smallest absolute Gasteiger partial charge is 0.118 e. The monoisotopic (exact) mass is 185 g/mol. The maximum atomic E-state index is 9.26. The molecule has 1 rings (SSSR count). The standard InChI is InChI=1S/C12H11NO/c1-2-3-4-5-10-6-11(9-13)8-12(14)7-10/h6-8,14H,2-3H2,1H3. The van der Waals surface area contributed by atoms with E-state index >= 15 is 0 Å². The molecule has 0 aliphatic heterocycles. The van der Waals surface area contributed by atoms with Crippen molar-refractivity contribution in [1.82, 2.24) is 0 Å². The number of phenolic OH excluding ortho intramolecular Hbond substituents is 1. The Balaban J connectivity index is 2.95. The Morgan fingerprint density at radius 3 is 2.64 bits per heavy atom. The van der Waals surface area contributed by atoms with Gasteiger partial charge in [0.1, 0.15) is 5.75 Å². The first-order valence-electron chi connectivity index (χ1n) is 4.49. The highest BCUT2D eigenvalue weighted by molar-refractivity contribution is 5.46. The molecule has 14 heavy (non-hydrogen) atoms. The van der Waals surface area contributed by atoms with Gasteiger partial charge >= 0.3 is 0 Å². The highest BCUT2D eigenvalue weighted by Gasteiger charge is 1.96. The maximum Gasteiger partial charge on any atom is 0.118 e. The van der Waals surface area contributed by atoms with Crippen LogP contribution in [0.2, 0.25) is 0 Å². The van der Waals surface area contributed by atoms with Crippen molar-refractivity contribution < 1.29 is 5.11 Å². The molecule has 1 N–H and O–H groups in total. The second-order valence-electron chi connectivity index (χ2n) is 2.93. The number of aromatic hydroxyl groups is 1. The van der Waals surface area contributed by atoms with Gasteiger partial charge < -0.3 is 5.11 Å². The molecular formula is C12H11NO. The Labute approximate surface area is 83.8 Å². The fraction of sp³-hybridized carbons (Fsp3) is 0.250. The summed E-state index contributed by atoms with van der Waals surface area (Å²) in [5.41, 5.74) is 1.13. The first-order valence-corrected chi connectivity index (χ1v) is 4.49. The van der Waals surface area contributed by atoms with Crippen LogP contribution in [0.25, 0.3) is 0 Å². The number of nitriles is 1. The summed E-state index contributed by atoms with van der Waals surface area (Å²) >= 11 is 0. The van der Waals surface area contributed by atoms with E-state index in [1.807, 2.05) is 6.07 Å². The first-order chi connectivity index (χ1) is 6.76. The molecule has 0 aromatic heterocycles. The summed E-state index contributed by atoms with van der Waals surface area (Å²) in [6.45, 7) is 2.05. The van der Waals surface area contributed by atoms with Crippen LogP contribution in [0.3, 0.4) is 0 Å². The van der Waals surface area contributed by atoms with Gasteiger partial charge in [-0.05, 0) is 24.6 Å². The SMILES string of the molecule is CCCC#Cc1cc(O)cc(C#N)c1. The van der Waals surface area contributed by atoms with Gasteiger partial charge in [-0.1, -0.05) is 18.8 Å². The summed E-state index contributed by atoms with van der Waals surface area (Å²) in [4.78, 5) is 0. The normalized spacial score (nSPS) is 8.57. The minimum absolute atomic E-state index is 0.0878. The molecule has 1 aromatic carbocycles. The van der Waals surface area contributed by atoms with Crippen LogP contribution in [0.15, 0.2) is 18.2 Å². The van der Waals surface area contributed by atoms with Gasteiger partial charge in [0.15, 0.2) is 0 Å². The zero-order chi connectivity index (χ0) is 10.4. The summed E-state index contributed by atoms with van der Waals surface area (Å²) in [6.07, 6.45) is 1.84. The topological polar surface area (TPSA) is 44.0 Å². The molecule has 0 saturated heterocycles. The van der Waals surface area contributed by atoms with E-state index in [-0.39, 0.29) is 5.75 Å². The largest absolute Gasteiger partial charge is 0.508 e. The number of unbranched alkanes of at least 4 members (excludes halogenated alkanes) is 1. The fourth-order valence-electron chi connectivity index (χ4n) is 1.04. The van der Waals surface area contributed by atoms with Crippen LogP contribution < -0.4 is 0 Å². The molecule has 0 amide bonds. The van der Waals surface area contributed by atoms with Crippen molar-refractivity contribution >= 4 is 0 Å². The van der Waals surface area contributed by atoms with Gasteiger partial charge in [-0.15, -0.1) is 0 Å². The van der Waals surface area contributed by atoms with Crippen molar-refractivity contribution in [1.29, 1.82) is 5.26 Å². The molecule has 1 aromatic rings. The third kappa shape index (κ3) is 2.84. The molecule has 0 saturated carbocycles. The van der Waals surface area contributed by atoms with E-state index in [0.29, 0.717) is 11.1 Å². The van der Waals surface area contributed by atoms with Gasteiger partial charge in [0.05, 0.1) is 11.6 Å². The van der Waals surface area contributed by atoms with E-state index in [2.05, 4.69) is 18.8 Å². The number of benzene rings is 1. The molecule has 0 heterocycles. The minimum Gasteiger partial charge on any atom is -0.508 e. The molecular weight excluding hydrogens is 174 g/mol. The molecule has 0 fully saturated rings. The number of hydrogen-bond acceptors (Lipinski definition) is 2. The van der Waals surface area contributed by atoms with E-state index in [4.69, 9.17) is 5.26 Å². The van der Waals surface area contributed by atoms with Crippen LogP contribution in [0.5, 0.6) is 5.75 Å². The lowest BCUT2D eigenvalue weighted by atomic mass is 10.1. The van der Waals surface area contributed by atoms with Gasteiger partial charge in [-0.25, -0.2) is 0 Å². The summed E-state index contributed by atoms with van der Waals surface area (Å²) in [5.74, 6) is 5.95. The molecule has 0 atom stereocenters. The van der Waals surface area contributed by atoms with Crippen LogP contribution >= 0.6 is 0 Å². The van der Waals surface area contributed by atoms with Gasteiger partial charge in [0.25, 0.3) is 0 Å². The summed E-state index contributed by atoms with van der Waals surface area (Å²) in [7, 11) is 0. The highest BCUT2D eigenvalue weighted by atomic mass is 16.3. The molecule has 0 aliphatic rings. The molecule has 0 unspecified atom stereocenters. The third-order valence-electron chi connectivity index (χ3n) is 1.65. The molecule has 2 heteroatoms. The Hall–Kier alpha value is -1.93. The molecule has 0 bridgehead atoms. The summed E-state index contributed by atoms with van der Waals surface area (Å²) < 4.78 is 0. The number of phenols is 1. The fourth-order valence-corrected chi connectivity index (χ4v) is 1.04. The van der Waals surface area contributed by atoms with Crippen LogP contribution in [0, 0.1) is 23.2 Å². The Morgan fingerprint density at radius 1 is 1.29 bits per heavy atom. The average Bonchev–Trinajstić information content (AvgIpc) is 2.17. The van der Waals surface area contributed by atoms with Crippen LogP contribution in [0.4, 0.5) is 0 Å². The van der Waals surface area contributed by atoms with Crippen molar-refractivity contribution in [3.8, 4) is 23.7 Å². The van der Waals surface area contributed by atoms with Crippen molar-refractivity contribution in [2.24, 2.45) is 0 Å². The van der Waals surface area contributed by atoms with Gasteiger partial charge in [0, 0.05) is 12.0 Å². The molecule has 70 valence electrons. The summed E-state index contributed by atoms with van der Waals surface area (Å²) in [5, 5.41) is 17.9. The van der Waals surface area contributed by atoms with Crippen molar-refractivity contribution in [3.05, 3.63) is 29.3 Å². The first kappa shape index (κ1) is 10.2. The Morgan fingerprint density at radius 2 is 2.00 bits per heavy atom. The zero-order valence-electron chi connectivity index (χ0n) is 8.04. The molecule has 0 radical (unpaired) electrons. The van der Waals surface area contributed by atoms with E-state index in [1.165, 1.54) is 6.07 Å². The quantitative estimate of drug-likeness (QED) is 0.683. The Bertz CT molecular complexity index is 418. The Kier molecular flexibility index (Phi) is 3.58. The lowest BCUT2D eigenvalue weighted by Gasteiger charge is -1.94. The van der Waals surface area contributed by atoms with Gasteiger partial charge in [0.2, 0.25) is 0 Å². The summed E-state index contributed by atoms with van der Waals surface area (Å²) in [6, 6.07) is 6.62. The lowest BCUT2D eigenvalue weighted by Crippen LogP contribution is -1.79. The van der Waals surface area contributed by atoms with Gasteiger partial charge in [-0.2, -0.15) is 5.26 Å². The minimum atomic E-state index is 0.0878. The van der Waals surface area contributed by atoms with Crippen molar-refractivity contribution in [2.45, 2.75) is 19.8 Å². The van der Waals surface area contributed by atoms with Crippen LogP contribution in [-0.2, 0) is 0 Å². The van der Waals surface area contributed by atoms with Crippen LogP contribution in [0.1, 0.15) is 30.9 Å². The second kappa shape index (κ2) is 4.94. The second-order valence-corrected chi connectivity index (χ2v) is 2.93. The lowest BCUT2D eigenvalue weighted by molar-refractivity contribution is 0.475. The molecule has 2 nitrogen and oxygen atoms in total. The van der Waals surface area contributed by atoms with Crippen molar-refractivity contribution in [2.75, 3.05) is 0 Å². The number of rotatable bonds is 1.